The van der Waals surface area contributed by atoms with Crippen LogP contribution >= 0.6 is 0 Å². The molecular weight excluding hydrogens is 220 g/mol. The van der Waals surface area contributed by atoms with E-state index in [0.29, 0.717) is 5.56 Å². The van der Waals surface area contributed by atoms with E-state index in [-0.39, 0.29) is 11.6 Å². The van der Waals surface area contributed by atoms with Gasteiger partial charge in [-0.25, -0.2) is 8.78 Å². The summed E-state index contributed by atoms with van der Waals surface area (Å²) in [6, 6.07) is 10.1. The van der Waals surface area contributed by atoms with Gasteiger partial charge in [-0.15, -0.1) is 0 Å². The van der Waals surface area contributed by atoms with Crippen molar-refractivity contribution in [3.63, 3.8) is 0 Å². The number of benzene rings is 2. The Morgan fingerprint density at radius 1 is 1.00 bits per heavy atom. The molecule has 2 rings (SSSR count). The van der Waals surface area contributed by atoms with Crippen molar-refractivity contribution in [3.05, 3.63) is 70.8 Å². The van der Waals surface area contributed by atoms with E-state index in [4.69, 9.17) is 5.73 Å². The topological polar surface area (TPSA) is 26.0 Å². The molecule has 0 heterocycles. The molecule has 0 amide bonds. The first-order valence-electron chi connectivity index (χ1n) is 5.35. The van der Waals surface area contributed by atoms with Crippen LogP contribution in [0.25, 0.3) is 0 Å². The lowest BCUT2D eigenvalue weighted by atomic mass is 9.96. The molecule has 3 heteroatoms. The predicted molar refractivity (Wildman–Crippen MR) is 63.6 cm³/mol. The zero-order valence-electron chi connectivity index (χ0n) is 9.45. The third kappa shape index (κ3) is 2.50. The summed E-state index contributed by atoms with van der Waals surface area (Å²) in [5.74, 6) is -0.615. The summed E-state index contributed by atoms with van der Waals surface area (Å²) in [4.78, 5) is 0. The molecular formula is C14H13F2N. The smallest absolute Gasteiger partial charge is 0.123 e. The fourth-order valence-electron chi connectivity index (χ4n) is 1.87. The Labute approximate surface area is 98.9 Å². The lowest BCUT2D eigenvalue weighted by molar-refractivity contribution is 0.620. The SMILES string of the molecule is Cc1cc(F)ccc1C(N)c1cccc(F)c1. The van der Waals surface area contributed by atoms with Gasteiger partial charge in [0.05, 0.1) is 6.04 Å². The first-order valence-corrected chi connectivity index (χ1v) is 5.35. The zero-order valence-corrected chi connectivity index (χ0v) is 9.45. The minimum atomic E-state index is -0.439. The normalized spacial score (nSPS) is 12.5. The fraction of sp³-hybridized carbons (Fsp3) is 0.143. The first-order chi connectivity index (χ1) is 8.08. The van der Waals surface area contributed by atoms with Crippen molar-refractivity contribution in [1.82, 2.24) is 0 Å². The van der Waals surface area contributed by atoms with Gasteiger partial charge in [0.2, 0.25) is 0 Å². The van der Waals surface area contributed by atoms with E-state index in [1.165, 1.54) is 24.3 Å². The summed E-state index contributed by atoms with van der Waals surface area (Å²) < 4.78 is 26.1. The summed E-state index contributed by atoms with van der Waals surface area (Å²) in [6.07, 6.45) is 0. The van der Waals surface area contributed by atoms with Crippen LogP contribution in [0.15, 0.2) is 42.5 Å². The Balaban J connectivity index is 2.40. The number of aryl methyl sites for hydroxylation is 1. The van der Waals surface area contributed by atoms with Crippen LogP contribution in [0.3, 0.4) is 0 Å². The lowest BCUT2D eigenvalue weighted by Crippen LogP contribution is -2.13. The molecule has 1 nitrogen and oxygen atoms in total. The molecule has 2 aromatic rings. The quantitative estimate of drug-likeness (QED) is 0.846. The molecule has 0 bridgehead atoms. The minimum Gasteiger partial charge on any atom is -0.320 e. The van der Waals surface area contributed by atoms with Gasteiger partial charge in [0.15, 0.2) is 0 Å². The van der Waals surface area contributed by atoms with Gasteiger partial charge in [0, 0.05) is 0 Å². The van der Waals surface area contributed by atoms with E-state index in [1.54, 1.807) is 25.1 Å². The van der Waals surface area contributed by atoms with Crippen LogP contribution in [0.2, 0.25) is 0 Å². The first kappa shape index (κ1) is 11.7. The molecule has 0 fully saturated rings. The summed E-state index contributed by atoms with van der Waals surface area (Å²) in [6.45, 7) is 1.79. The van der Waals surface area contributed by atoms with Crippen molar-refractivity contribution >= 4 is 0 Å². The fourth-order valence-corrected chi connectivity index (χ4v) is 1.87. The maximum Gasteiger partial charge on any atom is 0.123 e. The molecule has 0 aliphatic carbocycles. The van der Waals surface area contributed by atoms with Crippen molar-refractivity contribution in [2.45, 2.75) is 13.0 Å². The third-order valence-electron chi connectivity index (χ3n) is 2.77. The van der Waals surface area contributed by atoms with E-state index < -0.39 is 6.04 Å². The monoisotopic (exact) mass is 233 g/mol. The third-order valence-corrected chi connectivity index (χ3v) is 2.77. The highest BCUT2D eigenvalue weighted by Crippen LogP contribution is 2.23. The molecule has 88 valence electrons. The van der Waals surface area contributed by atoms with Crippen LogP contribution in [-0.2, 0) is 0 Å². The molecule has 1 atom stereocenters. The Morgan fingerprint density at radius 3 is 2.35 bits per heavy atom. The van der Waals surface area contributed by atoms with E-state index in [2.05, 4.69) is 0 Å². The van der Waals surface area contributed by atoms with Crippen molar-refractivity contribution in [2.75, 3.05) is 0 Å². The van der Waals surface area contributed by atoms with Crippen molar-refractivity contribution in [1.29, 1.82) is 0 Å². The van der Waals surface area contributed by atoms with Crippen LogP contribution in [0.5, 0.6) is 0 Å². The van der Waals surface area contributed by atoms with Gasteiger partial charge >= 0.3 is 0 Å². The van der Waals surface area contributed by atoms with Crippen LogP contribution in [-0.4, -0.2) is 0 Å². The number of rotatable bonds is 2. The lowest BCUT2D eigenvalue weighted by Gasteiger charge is -2.15. The average molecular weight is 233 g/mol. The molecule has 0 aliphatic heterocycles. The average Bonchev–Trinajstić information content (AvgIpc) is 2.28. The number of nitrogens with two attached hydrogens (primary N) is 1. The van der Waals surface area contributed by atoms with Crippen LogP contribution in [0.4, 0.5) is 8.78 Å². The summed E-state index contributed by atoms with van der Waals surface area (Å²) >= 11 is 0. The number of halogens is 2. The maximum atomic E-state index is 13.1. The second-order valence-corrected chi connectivity index (χ2v) is 4.03. The van der Waals surface area contributed by atoms with Gasteiger partial charge in [-0.2, -0.15) is 0 Å². The van der Waals surface area contributed by atoms with Crippen molar-refractivity contribution in [3.8, 4) is 0 Å². The largest absolute Gasteiger partial charge is 0.320 e. The van der Waals surface area contributed by atoms with Crippen molar-refractivity contribution < 1.29 is 8.78 Å². The van der Waals surface area contributed by atoms with Gasteiger partial charge < -0.3 is 5.73 Å². The zero-order chi connectivity index (χ0) is 12.4. The highest BCUT2D eigenvalue weighted by atomic mass is 19.1. The highest BCUT2D eigenvalue weighted by Gasteiger charge is 2.12. The standard InChI is InChI=1S/C14H13F2N/c1-9-7-12(16)5-6-13(9)14(17)10-3-2-4-11(15)8-10/h2-8,14H,17H2,1H3. The molecule has 0 saturated heterocycles. The second-order valence-electron chi connectivity index (χ2n) is 4.03. The van der Waals surface area contributed by atoms with Gasteiger partial charge in [0.25, 0.3) is 0 Å². The molecule has 0 saturated carbocycles. The van der Waals surface area contributed by atoms with Crippen LogP contribution < -0.4 is 5.73 Å². The Bertz CT molecular complexity index is 537. The summed E-state index contributed by atoms with van der Waals surface area (Å²) in [7, 11) is 0. The van der Waals surface area contributed by atoms with E-state index in [9.17, 15) is 8.78 Å². The Hall–Kier alpha value is -1.74. The van der Waals surface area contributed by atoms with Gasteiger partial charge in [-0.1, -0.05) is 18.2 Å². The van der Waals surface area contributed by atoms with Gasteiger partial charge in [-0.3, -0.25) is 0 Å². The maximum absolute atomic E-state index is 13.1. The Kier molecular flexibility index (Phi) is 3.20. The summed E-state index contributed by atoms with van der Waals surface area (Å²) in [5.41, 5.74) is 8.30. The molecule has 0 radical (unpaired) electrons. The van der Waals surface area contributed by atoms with E-state index in [1.807, 2.05) is 0 Å². The molecule has 0 aliphatic rings. The summed E-state index contributed by atoms with van der Waals surface area (Å²) in [5, 5.41) is 0. The van der Waals surface area contributed by atoms with E-state index in [0.717, 1.165) is 11.1 Å². The highest BCUT2D eigenvalue weighted by molar-refractivity contribution is 5.36. The molecule has 1 unspecified atom stereocenters. The molecule has 17 heavy (non-hydrogen) atoms. The molecule has 0 aromatic heterocycles. The van der Waals surface area contributed by atoms with Crippen molar-refractivity contribution in [2.24, 2.45) is 5.73 Å². The molecule has 2 aromatic carbocycles. The Morgan fingerprint density at radius 2 is 1.71 bits per heavy atom. The van der Waals surface area contributed by atoms with Crippen LogP contribution in [0, 0.1) is 18.6 Å². The molecule has 0 spiro atoms. The number of hydrogen-bond acceptors (Lipinski definition) is 1. The number of hydrogen-bond donors (Lipinski definition) is 1. The predicted octanol–water partition coefficient (Wildman–Crippen LogP) is 3.32. The second kappa shape index (κ2) is 4.63. The van der Waals surface area contributed by atoms with Gasteiger partial charge in [-0.05, 0) is 47.9 Å². The molecule has 2 N–H and O–H groups in total. The minimum absolute atomic E-state index is 0.294. The van der Waals surface area contributed by atoms with Crippen LogP contribution in [0.1, 0.15) is 22.7 Å². The van der Waals surface area contributed by atoms with E-state index >= 15 is 0 Å². The van der Waals surface area contributed by atoms with Gasteiger partial charge in [0.1, 0.15) is 11.6 Å².